The number of unbranched alkanes of at least 4 members (excludes halogenated alkanes) is 2. The summed E-state index contributed by atoms with van der Waals surface area (Å²) in [7, 11) is -4.66. The summed E-state index contributed by atoms with van der Waals surface area (Å²) in [5.74, 6) is -7.14. The minimum absolute atomic E-state index is 0.00193. The van der Waals surface area contributed by atoms with E-state index in [1.54, 1.807) is 65.8 Å². The van der Waals surface area contributed by atoms with Crippen molar-refractivity contribution in [2.45, 2.75) is 92.7 Å². The maximum atomic E-state index is 13.3. The molecule has 4 amide bonds. The van der Waals surface area contributed by atoms with Crippen LogP contribution in [0.25, 0.3) is 0 Å². The van der Waals surface area contributed by atoms with Gasteiger partial charge in [-0.3, -0.25) is 43.0 Å². The van der Waals surface area contributed by atoms with Crippen LogP contribution in [0.1, 0.15) is 85.6 Å². The van der Waals surface area contributed by atoms with Crippen LogP contribution in [0.4, 0.5) is 5.69 Å². The van der Waals surface area contributed by atoms with Crippen molar-refractivity contribution < 1.29 is 51.3 Å². The molecule has 276 valence electrons. The van der Waals surface area contributed by atoms with Crippen molar-refractivity contribution in [2.75, 3.05) is 17.6 Å². The van der Waals surface area contributed by atoms with Crippen LogP contribution in [0, 0.1) is 23.2 Å². The summed E-state index contributed by atoms with van der Waals surface area (Å²) in [5.41, 5.74) is 0.541. The lowest BCUT2D eigenvalue weighted by Gasteiger charge is -2.25. The maximum absolute atomic E-state index is 13.3. The number of benzene rings is 1. The lowest BCUT2D eigenvalue weighted by Crippen LogP contribution is -2.48. The molecule has 14 nitrogen and oxygen atoms in total. The molecule has 50 heavy (non-hydrogen) atoms. The van der Waals surface area contributed by atoms with E-state index in [9.17, 15) is 46.5 Å². The Morgan fingerprint density at radius 1 is 0.880 bits per heavy atom. The Hall–Kier alpha value is -4.24. The molecule has 0 aliphatic carbocycles. The number of Topliss-reactive ketones (excluding diaryl/α,β-unsaturated/α-hetero) is 2. The second kappa shape index (κ2) is 18.7. The second-order valence-corrected chi connectivity index (χ2v) is 15.5. The molecule has 1 aliphatic rings. The molecule has 1 aromatic carbocycles. The van der Waals surface area contributed by atoms with Crippen molar-refractivity contribution in [1.82, 2.24) is 10.2 Å². The van der Waals surface area contributed by atoms with Crippen LogP contribution in [0.15, 0.2) is 36.4 Å². The van der Waals surface area contributed by atoms with Crippen LogP contribution in [-0.4, -0.2) is 77.4 Å². The van der Waals surface area contributed by atoms with Gasteiger partial charge in [-0.25, -0.2) is 0 Å². The summed E-state index contributed by atoms with van der Waals surface area (Å²) in [5, 5.41) is 5.26. The highest BCUT2D eigenvalue weighted by Gasteiger charge is 2.33. The van der Waals surface area contributed by atoms with E-state index < -0.39 is 86.7 Å². The van der Waals surface area contributed by atoms with Gasteiger partial charge in [-0.05, 0) is 57.2 Å². The number of imide groups is 1. The van der Waals surface area contributed by atoms with E-state index in [-0.39, 0.29) is 32.0 Å². The van der Waals surface area contributed by atoms with Crippen molar-refractivity contribution in [3.05, 3.63) is 42.0 Å². The minimum Gasteiger partial charge on any atom is -0.460 e. The molecule has 3 N–H and O–H groups in total. The van der Waals surface area contributed by atoms with Crippen molar-refractivity contribution in [2.24, 2.45) is 23.2 Å². The number of ether oxygens (including phenoxy) is 1. The number of amides is 4. The van der Waals surface area contributed by atoms with E-state index in [0.29, 0.717) is 24.9 Å². The van der Waals surface area contributed by atoms with Gasteiger partial charge in [0, 0.05) is 49.6 Å². The Morgan fingerprint density at radius 2 is 1.48 bits per heavy atom. The minimum atomic E-state index is -4.66. The van der Waals surface area contributed by atoms with Gasteiger partial charge in [0.25, 0.3) is 21.9 Å². The molecule has 0 spiro atoms. The number of esters is 1. The first-order valence-corrected chi connectivity index (χ1v) is 18.2. The van der Waals surface area contributed by atoms with Crippen molar-refractivity contribution in [3.8, 4) is 0 Å². The van der Waals surface area contributed by atoms with Gasteiger partial charge in [-0.1, -0.05) is 39.3 Å². The Balaban J connectivity index is 1.92. The van der Waals surface area contributed by atoms with Gasteiger partial charge < -0.3 is 15.4 Å². The monoisotopic (exact) mass is 719 g/mol. The number of anilines is 1. The van der Waals surface area contributed by atoms with E-state index in [1.165, 1.54) is 12.2 Å². The normalized spacial score (nSPS) is 15.1. The Bertz CT molecular complexity index is 1540. The van der Waals surface area contributed by atoms with E-state index in [1.807, 2.05) is 0 Å². The van der Waals surface area contributed by atoms with Crippen molar-refractivity contribution >= 4 is 57.0 Å². The van der Waals surface area contributed by atoms with E-state index in [4.69, 9.17) is 4.74 Å². The summed E-state index contributed by atoms with van der Waals surface area (Å²) in [4.78, 5) is 88.4. The fraction of sp³-hybridized carbons (Fsp3) is 0.571. The van der Waals surface area contributed by atoms with Crippen LogP contribution >= 0.6 is 0 Å². The van der Waals surface area contributed by atoms with Gasteiger partial charge in [0.1, 0.15) is 12.4 Å². The molecule has 2 rings (SSSR count). The lowest BCUT2D eigenvalue weighted by molar-refractivity contribution is -0.154. The first-order valence-electron chi connectivity index (χ1n) is 16.6. The number of carbonyl (C=O) groups is 7. The molecule has 0 bridgehead atoms. The van der Waals surface area contributed by atoms with Crippen LogP contribution < -0.4 is 10.6 Å². The van der Waals surface area contributed by atoms with Gasteiger partial charge in [0.05, 0.1) is 23.1 Å². The number of ketones is 2. The number of hydrogen-bond acceptors (Lipinski definition) is 10. The predicted octanol–water partition coefficient (Wildman–Crippen LogP) is 3.40. The highest BCUT2D eigenvalue weighted by Crippen LogP contribution is 2.19. The van der Waals surface area contributed by atoms with Gasteiger partial charge >= 0.3 is 5.97 Å². The number of rotatable bonds is 20. The predicted molar refractivity (Wildman–Crippen MR) is 184 cm³/mol. The molecule has 15 heteroatoms. The standard InChI is InChI=1S/C35H49N3O11S/c1-22(2)31(28(40)18-23(3)32(43)36-26-13-11-24(12-14-26)20-49-34(45)35(4,5)6)37-33(44)25(21-50(46,47)48)19-27(39)10-8-7-9-17-38-29(41)15-16-30(38)42/h11-16,22-23,25,31H,7-10,17-21H2,1-6H3,(H,36,43)(H,37,44)(H,46,47,48)/t23-,25+,31?/m1/s1. The Labute approximate surface area is 293 Å². The van der Waals surface area contributed by atoms with Gasteiger partial charge in [0.2, 0.25) is 11.8 Å². The molecule has 3 atom stereocenters. The summed E-state index contributed by atoms with van der Waals surface area (Å²) < 4.78 is 38.2. The third-order valence-corrected chi connectivity index (χ3v) is 8.79. The second-order valence-electron chi connectivity index (χ2n) is 14.0. The highest BCUT2D eigenvalue weighted by molar-refractivity contribution is 7.85. The largest absolute Gasteiger partial charge is 0.460 e. The molecule has 1 heterocycles. The van der Waals surface area contributed by atoms with Crippen LogP contribution in [0.2, 0.25) is 0 Å². The molecule has 1 aromatic rings. The SMILES string of the molecule is CC(C)C(NC(=O)[C@@H](CC(=O)CCCCCN1C(=O)C=CC1=O)CS(=O)(=O)O)C(=O)C[C@@H](C)C(=O)Nc1ccc(COC(=O)C(C)(C)C)cc1. The summed E-state index contributed by atoms with van der Waals surface area (Å²) in [6, 6.07) is 5.56. The van der Waals surface area contributed by atoms with E-state index in [0.717, 1.165) is 10.5 Å². The number of nitrogens with one attached hydrogen (secondary N) is 2. The molecule has 0 aromatic heterocycles. The lowest BCUT2D eigenvalue weighted by atomic mass is 9.91. The molecule has 1 unspecified atom stereocenters. The van der Waals surface area contributed by atoms with E-state index >= 15 is 0 Å². The Morgan fingerprint density at radius 3 is 2.02 bits per heavy atom. The smallest absolute Gasteiger partial charge is 0.311 e. The first kappa shape index (κ1) is 41.9. The van der Waals surface area contributed by atoms with E-state index in [2.05, 4.69) is 10.6 Å². The first-order chi connectivity index (χ1) is 23.2. The van der Waals surface area contributed by atoms with Gasteiger partial charge in [-0.2, -0.15) is 8.42 Å². The molecule has 0 saturated carbocycles. The number of carbonyl (C=O) groups excluding carboxylic acids is 7. The fourth-order valence-corrected chi connectivity index (χ4v) is 5.78. The van der Waals surface area contributed by atoms with Gasteiger partial charge in [-0.15, -0.1) is 0 Å². The van der Waals surface area contributed by atoms with Gasteiger partial charge in [0.15, 0.2) is 5.78 Å². The molecular formula is C35H49N3O11S. The summed E-state index contributed by atoms with van der Waals surface area (Å²) >= 11 is 0. The topological polar surface area (TPSA) is 210 Å². The van der Waals surface area contributed by atoms with Crippen LogP contribution in [0.5, 0.6) is 0 Å². The number of hydrogen-bond donors (Lipinski definition) is 3. The molecular weight excluding hydrogens is 670 g/mol. The fourth-order valence-electron chi connectivity index (χ4n) is 5.01. The highest BCUT2D eigenvalue weighted by atomic mass is 32.2. The summed E-state index contributed by atoms with van der Waals surface area (Å²) in [6.45, 7) is 10.4. The molecule has 0 saturated heterocycles. The van der Waals surface area contributed by atoms with Crippen molar-refractivity contribution in [1.29, 1.82) is 0 Å². The average molecular weight is 720 g/mol. The zero-order chi connectivity index (χ0) is 37.8. The van der Waals surface area contributed by atoms with Crippen LogP contribution in [0.3, 0.4) is 0 Å². The molecule has 1 aliphatic heterocycles. The van der Waals surface area contributed by atoms with Crippen LogP contribution in [-0.2, 0) is 55.0 Å². The van der Waals surface area contributed by atoms with Crippen molar-refractivity contribution in [3.63, 3.8) is 0 Å². The molecule has 0 radical (unpaired) electrons. The summed E-state index contributed by atoms with van der Waals surface area (Å²) in [6.07, 6.45) is 2.94. The quantitative estimate of drug-likeness (QED) is 0.0770. The Kier molecular flexibility index (Phi) is 15.7. The third-order valence-electron chi connectivity index (χ3n) is 7.96. The zero-order valence-electron chi connectivity index (χ0n) is 29.5. The third kappa shape index (κ3) is 14.3. The average Bonchev–Trinajstić information content (AvgIpc) is 3.33. The maximum Gasteiger partial charge on any atom is 0.311 e. The number of nitrogens with zero attached hydrogens (tertiary/aromatic N) is 1. The molecule has 0 fully saturated rings. The zero-order valence-corrected chi connectivity index (χ0v) is 30.3.